The van der Waals surface area contributed by atoms with Crippen molar-refractivity contribution in [1.82, 2.24) is 10.6 Å². The highest BCUT2D eigenvalue weighted by atomic mass is 32.1. The summed E-state index contributed by atoms with van der Waals surface area (Å²) in [5.74, 6) is 1.18. The first kappa shape index (κ1) is 27.1. The number of ether oxygens (including phenoxy) is 3. The van der Waals surface area contributed by atoms with Crippen LogP contribution in [0.2, 0.25) is 0 Å². The zero-order valence-corrected chi connectivity index (χ0v) is 20.6. The average Bonchev–Trinajstić information content (AvgIpc) is 3.40. The second-order valence-corrected chi connectivity index (χ2v) is 8.58. The van der Waals surface area contributed by atoms with E-state index < -0.39 is 11.9 Å². The molecule has 1 aromatic heterocycles. The van der Waals surface area contributed by atoms with Gasteiger partial charge in [-0.2, -0.15) is 0 Å². The van der Waals surface area contributed by atoms with Gasteiger partial charge in [-0.3, -0.25) is 5.87 Å². The summed E-state index contributed by atoms with van der Waals surface area (Å²) in [6.45, 7) is 13.4. The monoisotopic (exact) mass is 492 g/mol. The number of thiophene rings is 1. The number of nitrogens with zero attached hydrogens (tertiary/aromatic N) is 1. The van der Waals surface area contributed by atoms with Crippen molar-refractivity contribution in [2.75, 3.05) is 59.2 Å². The number of esters is 1. The number of hydrogen-bond acceptors (Lipinski definition) is 7. The second-order valence-electron chi connectivity index (χ2n) is 7.19. The zero-order valence-electron chi connectivity index (χ0n) is 18.9. The molecular formula is C23H32N4O4S2. The second kappa shape index (κ2) is 15.6. The van der Waals surface area contributed by atoms with Crippen LogP contribution in [0.1, 0.15) is 17.7 Å². The van der Waals surface area contributed by atoms with Crippen LogP contribution in [0.15, 0.2) is 47.0 Å². The van der Waals surface area contributed by atoms with E-state index in [4.69, 9.17) is 26.4 Å². The molecule has 0 aromatic carbocycles. The van der Waals surface area contributed by atoms with Gasteiger partial charge in [-0.1, -0.05) is 30.9 Å². The summed E-state index contributed by atoms with van der Waals surface area (Å²) in [4.78, 5) is 13.6. The Kier molecular flexibility index (Phi) is 12.8. The molecule has 4 rings (SSSR count). The van der Waals surface area contributed by atoms with E-state index in [1.807, 2.05) is 17.5 Å². The summed E-state index contributed by atoms with van der Waals surface area (Å²) >= 11 is 6.69. The van der Waals surface area contributed by atoms with Crippen LogP contribution in [0, 0.1) is 0 Å². The van der Waals surface area contributed by atoms with Crippen molar-refractivity contribution in [1.29, 1.82) is 0 Å². The molecule has 4 N–H and O–H groups in total. The number of quaternary nitrogens is 1. The third-order valence-corrected chi connectivity index (χ3v) is 6.07. The van der Waals surface area contributed by atoms with Gasteiger partial charge in [0.15, 0.2) is 0 Å². The van der Waals surface area contributed by atoms with Gasteiger partial charge in [0.05, 0.1) is 51.0 Å². The Morgan fingerprint density at radius 1 is 1.36 bits per heavy atom. The minimum absolute atomic E-state index is 0.124. The zero-order chi connectivity index (χ0) is 23.9. The number of carbonyl (C=O) groups excluding carboxylic acids is 1. The normalized spacial score (nSPS) is 20.2. The fourth-order valence-corrected chi connectivity index (χ4v) is 4.39. The highest BCUT2D eigenvalue weighted by Gasteiger charge is 2.35. The maximum atomic E-state index is 12.3. The first-order valence-electron chi connectivity index (χ1n) is 10.9. The van der Waals surface area contributed by atoms with Crippen LogP contribution in [0.4, 0.5) is 0 Å². The first-order chi connectivity index (χ1) is 16.1. The fraction of sp³-hybridized carbons (Fsp3) is 0.478. The van der Waals surface area contributed by atoms with Crippen molar-refractivity contribution in [3.8, 4) is 0 Å². The molecule has 0 bridgehead atoms. The third kappa shape index (κ3) is 8.94. The van der Waals surface area contributed by atoms with Gasteiger partial charge in [0.1, 0.15) is 11.6 Å². The maximum absolute atomic E-state index is 12.3. The average molecular weight is 493 g/mol. The molecule has 0 spiro atoms. The maximum Gasteiger partial charge on any atom is 0.337 e. The highest BCUT2D eigenvalue weighted by Crippen LogP contribution is 2.38. The van der Waals surface area contributed by atoms with Crippen molar-refractivity contribution in [3.63, 3.8) is 0 Å². The molecule has 1 aromatic rings. The predicted molar refractivity (Wildman–Crippen MR) is 135 cm³/mol. The van der Waals surface area contributed by atoms with E-state index in [0.29, 0.717) is 21.8 Å². The molecule has 3 aliphatic rings. The van der Waals surface area contributed by atoms with Gasteiger partial charge in [-0.05, 0) is 18.4 Å². The molecule has 4 heterocycles. The Morgan fingerprint density at radius 3 is 2.48 bits per heavy atom. The standard InChI is InChI=1S/C15H13N2O2S2.2C4H9NO/c1-3-6-19-15(18)12-9(2)17-14(20)10(8-16)13(12)11-5-4-7-21-11;2*1-3-6-4-2-5-1/h3-5,7,13H,1,6H2,2H3,(H,17,20);2*5H,1-4H2/q-1;;/p+1. The molecule has 0 radical (unpaired) electrons. The molecule has 180 valence electrons. The van der Waals surface area contributed by atoms with Gasteiger partial charge < -0.3 is 35.6 Å². The topological polar surface area (TPSA) is 108 Å². The van der Waals surface area contributed by atoms with E-state index in [2.05, 4.69) is 28.4 Å². The van der Waals surface area contributed by atoms with Crippen LogP contribution in [-0.2, 0) is 19.0 Å². The molecule has 1 unspecified atom stereocenters. The van der Waals surface area contributed by atoms with Crippen molar-refractivity contribution < 1.29 is 24.3 Å². The van der Waals surface area contributed by atoms with Gasteiger partial charge >= 0.3 is 5.97 Å². The SMILES string of the molecule is C1COCCN1.C1COCC[NH2+]1.C=CCOC(=O)C1=C(C)NC(=S)C(=C=[N-])C1c1cccs1. The molecule has 1 atom stereocenters. The number of thiocarbonyl (C=S) groups is 1. The first-order valence-corrected chi connectivity index (χ1v) is 12.2. The van der Waals surface area contributed by atoms with Crippen molar-refractivity contribution in [2.24, 2.45) is 0 Å². The fourth-order valence-electron chi connectivity index (χ4n) is 3.23. The molecule has 3 aliphatic heterocycles. The number of rotatable bonds is 4. The van der Waals surface area contributed by atoms with E-state index >= 15 is 0 Å². The Morgan fingerprint density at radius 2 is 2.06 bits per heavy atom. The van der Waals surface area contributed by atoms with Crippen LogP contribution < -0.4 is 16.0 Å². The predicted octanol–water partition coefficient (Wildman–Crippen LogP) is 1.12. The molecule has 0 saturated carbocycles. The summed E-state index contributed by atoms with van der Waals surface area (Å²) in [5.41, 5.74) is 1.40. The lowest BCUT2D eigenvalue weighted by atomic mass is 9.86. The molecule has 2 saturated heterocycles. The number of hydrogen-bond donors (Lipinski definition) is 3. The lowest BCUT2D eigenvalue weighted by molar-refractivity contribution is -0.670. The molecule has 8 nitrogen and oxygen atoms in total. The minimum Gasteiger partial charge on any atom is -0.763 e. The van der Waals surface area contributed by atoms with Gasteiger partial charge in [0.2, 0.25) is 0 Å². The summed E-state index contributed by atoms with van der Waals surface area (Å²) in [7, 11) is 0. The van der Waals surface area contributed by atoms with Crippen molar-refractivity contribution in [3.05, 3.63) is 57.3 Å². The van der Waals surface area contributed by atoms with Crippen molar-refractivity contribution >= 4 is 40.4 Å². The minimum atomic E-state index is -0.471. The Labute approximate surface area is 204 Å². The van der Waals surface area contributed by atoms with E-state index in [-0.39, 0.29) is 6.61 Å². The van der Waals surface area contributed by atoms with Crippen LogP contribution in [0.25, 0.3) is 5.41 Å². The summed E-state index contributed by atoms with van der Waals surface area (Å²) < 4.78 is 15.2. The van der Waals surface area contributed by atoms with Gasteiger partial charge in [0.25, 0.3) is 0 Å². The molecular weight excluding hydrogens is 460 g/mol. The van der Waals surface area contributed by atoms with E-state index in [0.717, 1.165) is 57.5 Å². The number of nitrogens with two attached hydrogens (primary N) is 1. The third-order valence-electron chi connectivity index (χ3n) is 4.81. The largest absolute Gasteiger partial charge is 0.763 e. The van der Waals surface area contributed by atoms with E-state index in [1.54, 1.807) is 6.92 Å². The van der Waals surface area contributed by atoms with Crippen LogP contribution in [0.3, 0.4) is 0 Å². The van der Waals surface area contributed by atoms with Crippen LogP contribution in [0.5, 0.6) is 0 Å². The smallest absolute Gasteiger partial charge is 0.337 e. The van der Waals surface area contributed by atoms with Gasteiger partial charge in [0, 0.05) is 29.2 Å². The number of nitrogens with one attached hydrogen (secondary N) is 2. The van der Waals surface area contributed by atoms with E-state index in [1.165, 1.54) is 17.4 Å². The van der Waals surface area contributed by atoms with Crippen molar-refractivity contribution in [2.45, 2.75) is 12.8 Å². The highest BCUT2D eigenvalue weighted by molar-refractivity contribution is 7.80. The number of carbonyl (C=O) groups is 1. The number of morpholine rings is 2. The molecule has 0 amide bonds. The van der Waals surface area contributed by atoms with E-state index in [9.17, 15) is 10.2 Å². The lowest BCUT2D eigenvalue weighted by Crippen LogP contribution is -2.87. The Balaban J connectivity index is 0.000000258. The van der Waals surface area contributed by atoms with Gasteiger partial charge in [-0.25, -0.2) is 4.79 Å². The molecule has 10 heteroatoms. The van der Waals surface area contributed by atoms with Crippen LogP contribution >= 0.6 is 23.6 Å². The quantitative estimate of drug-likeness (QED) is 0.190. The number of allylic oxidation sites excluding steroid dienone is 1. The molecule has 0 aliphatic carbocycles. The Bertz CT molecular complexity index is 821. The molecule has 33 heavy (non-hydrogen) atoms. The van der Waals surface area contributed by atoms with Crippen LogP contribution in [-0.4, -0.2) is 76.0 Å². The summed E-state index contributed by atoms with van der Waals surface area (Å²) in [6.07, 6.45) is 1.50. The summed E-state index contributed by atoms with van der Waals surface area (Å²) in [5, 5.41) is 19.6. The lowest BCUT2D eigenvalue weighted by Gasteiger charge is -2.29. The Hall–Kier alpha value is -2.17. The van der Waals surface area contributed by atoms with Gasteiger partial charge in [-0.15, -0.1) is 11.3 Å². The molecule has 2 fully saturated rings. The summed E-state index contributed by atoms with van der Waals surface area (Å²) in [6, 6.07) is 3.76.